The zero-order valence-electron chi connectivity index (χ0n) is 22.4. The summed E-state index contributed by atoms with van der Waals surface area (Å²) >= 11 is 0. The Morgan fingerprint density at radius 3 is 2.48 bits per heavy atom. The highest BCUT2D eigenvalue weighted by Gasteiger charge is 2.56. The van der Waals surface area contributed by atoms with Crippen molar-refractivity contribution in [3.05, 3.63) is 39.4 Å². The second kappa shape index (κ2) is 9.64. The topological polar surface area (TPSA) is 93.8 Å². The van der Waals surface area contributed by atoms with Gasteiger partial charge >= 0.3 is 6.18 Å². The summed E-state index contributed by atoms with van der Waals surface area (Å²) in [6, 6.07) is 2.85. The van der Waals surface area contributed by atoms with Gasteiger partial charge in [0.1, 0.15) is 18.2 Å². The van der Waals surface area contributed by atoms with Gasteiger partial charge in [-0.25, -0.2) is 4.39 Å². The maximum absolute atomic E-state index is 16.0. The van der Waals surface area contributed by atoms with Crippen molar-refractivity contribution in [2.75, 3.05) is 59.3 Å². The number of aromatic nitrogens is 2. The van der Waals surface area contributed by atoms with Crippen molar-refractivity contribution in [2.24, 2.45) is 0 Å². The first-order chi connectivity index (χ1) is 18.9. The van der Waals surface area contributed by atoms with Gasteiger partial charge in [0.15, 0.2) is 0 Å². The second-order valence-electron chi connectivity index (χ2n) is 11.3. The molecule has 4 aliphatic rings. The molecular formula is C27H32F4N6O3. The first-order valence-electron chi connectivity index (χ1n) is 13.7. The molecule has 0 bridgehead atoms. The summed E-state index contributed by atoms with van der Waals surface area (Å²) < 4.78 is 62.8. The molecule has 0 saturated carbocycles. The van der Waals surface area contributed by atoms with Gasteiger partial charge in [0.2, 0.25) is 11.9 Å². The van der Waals surface area contributed by atoms with Gasteiger partial charge in [0, 0.05) is 44.0 Å². The van der Waals surface area contributed by atoms with E-state index in [2.05, 4.69) is 15.3 Å². The molecule has 2 atom stereocenters. The SMILES string of the molecule is C[C@@H]1CN(c2cc(F)c3c(c2)N(CC(F)(F)F)C(=O)C32CCN(c3nc4c(c(=O)[nH]3)CCCN4)CC2)C[C@H](C)O1. The van der Waals surface area contributed by atoms with Crippen LogP contribution in [0.3, 0.4) is 0 Å². The zero-order chi connectivity index (χ0) is 28.4. The monoisotopic (exact) mass is 564 g/mol. The van der Waals surface area contributed by atoms with Crippen LogP contribution in [0, 0.1) is 5.82 Å². The molecular weight excluding hydrogens is 532 g/mol. The van der Waals surface area contributed by atoms with E-state index in [1.165, 1.54) is 12.1 Å². The lowest BCUT2D eigenvalue weighted by atomic mass is 9.73. The van der Waals surface area contributed by atoms with Gasteiger partial charge in [-0.2, -0.15) is 18.2 Å². The summed E-state index contributed by atoms with van der Waals surface area (Å²) in [5, 5.41) is 3.14. The van der Waals surface area contributed by atoms with Crippen molar-refractivity contribution in [2.45, 2.75) is 63.3 Å². The molecule has 40 heavy (non-hydrogen) atoms. The Hall–Kier alpha value is -3.35. The third-order valence-electron chi connectivity index (χ3n) is 8.42. The summed E-state index contributed by atoms with van der Waals surface area (Å²) in [4.78, 5) is 38.1. The molecule has 0 unspecified atom stereocenters. The van der Waals surface area contributed by atoms with Crippen LogP contribution in [0.25, 0.3) is 0 Å². The third kappa shape index (κ3) is 4.57. The lowest BCUT2D eigenvalue weighted by Crippen LogP contribution is -2.51. The summed E-state index contributed by atoms with van der Waals surface area (Å²) in [5.74, 6) is -0.575. The fraction of sp³-hybridized carbons (Fsp3) is 0.593. The Balaban J connectivity index is 1.34. The summed E-state index contributed by atoms with van der Waals surface area (Å²) in [7, 11) is 0. The molecule has 5 heterocycles. The number of morpholine rings is 1. The highest BCUT2D eigenvalue weighted by Crippen LogP contribution is 2.51. The number of fused-ring (bicyclic) bond motifs is 3. The number of aromatic amines is 1. The number of anilines is 4. The van der Waals surface area contributed by atoms with Gasteiger partial charge in [-0.3, -0.25) is 14.6 Å². The van der Waals surface area contributed by atoms with Gasteiger partial charge in [0.05, 0.1) is 28.9 Å². The summed E-state index contributed by atoms with van der Waals surface area (Å²) in [6.45, 7) is 4.32. The van der Waals surface area contributed by atoms with Crippen molar-refractivity contribution < 1.29 is 27.1 Å². The molecule has 2 N–H and O–H groups in total. The fourth-order valence-electron chi connectivity index (χ4n) is 6.70. The molecule has 1 spiro atoms. The van der Waals surface area contributed by atoms with Crippen LogP contribution in [-0.4, -0.2) is 73.5 Å². The average molecular weight is 565 g/mol. The van der Waals surface area contributed by atoms with E-state index in [-0.39, 0.29) is 54.9 Å². The van der Waals surface area contributed by atoms with Crippen LogP contribution < -0.4 is 25.6 Å². The largest absolute Gasteiger partial charge is 0.406 e. The van der Waals surface area contributed by atoms with Crippen molar-refractivity contribution in [1.82, 2.24) is 9.97 Å². The molecule has 0 aliphatic carbocycles. The number of hydrogen-bond donors (Lipinski definition) is 2. The van der Waals surface area contributed by atoms with Crippen LogP contribution in [0.1, 0.15) is 44.2 Å². The lowest BCUT2D eigenvalue weighted by Gasteiger charge is -2.39. The molecule has 216 valence electrons. The first-order valence-corrected chi connectivity index (χ1v) is 13.7. The lowest BCUT2D eigenvalue weighted by molar-refractivity contribution is -0.135. The molecule has 6 rings (SSSR count). The Bertz CT molecular complexity index is 1380. The number of nitrogens with zero attached hydrogens (tertiary/aromatic N) is 4. The number of alkyl halides is 3. The minimum atomic E-state index is -4.66. The van der Waals surface area contributed by atoms with Gasteiger partial charge in [-0.1, -0.05) is 0 Å². The Kier molecular flexibility index (Phi) is 6.47. The number of nitrogens with one attached hydrogen (secondary N) is 2. The van der Waals surface area contributed by atoms with Crippen molar-refractivity contribution >= 4 is 29.0 Å². The predicted molar refractivity (Wildman–Crippen MR) is 142 cm³/mol. The number of H-pyrrole nitrogens is 1. The number of hydrogen-bond acceptors (Lipinski definition) is 7. The number of carbonyl (C=O) groups is 1. The molecule has 9 nitrogen and oxygen atoms in total. The van der Waals surface area contributed by atoms with E-state index < -0.39 is 29.9 Å². The van der Waals surface area contributed by atoms with Crippen LogP contribution >= 0.6 is 0 Å². The van der Waals surface area contributed by atoms with E-state index in [1.54, 1.807) is 4.90 Å². The summed E-state index contributed by atoms with van der Waals surface area (Å²) in [5.41, 5.74) is -0.659. The van der Waals surface area contributed by atoms with Gasteiger partial charge in [0.25, 0.3) is 5.56 Å². The van der Waals surface area contributed by atoms with Crippen molar-refractivity contribution in [3.63, 3.8) is 0 Å². The molecule has 1 aromatic heterocycles. The van der Waals surface area contributed by atoms with E-state index in [0.717, 1.165) is 6.42 Å². The van der Waals surface area contributed by atoms with Gasteiger partial charge in [-0.15, -0.1) is 0 Å². The van der Waals surface area contributed by atoms with Crippen molar-refractivity contribution in [3.8, 4) is 0 Å². The number of ether oxygens (including phenoxy) is 1. The Morgan fingerprint density at radius 2 is 1.80 bits per heavy atom. The van der Waals surface area contributed by atoms with Crippen LogP contribution in [0.4, 0.5) is 40.7 Å². The predicted octanol–water partition coefficient (Wildman–Crippen LogP) is 3.33. The Labute approximate surface area is 228 Å². The second-order valence-corrected chi connectivity index (χ2v) is 11.3. The van der Waals surface area contributed by atoms with Crippen LogP contribution in [0.5, 0.6) is 0 Å². The fourth-order valence-corrected chi connectivity index (χ4v) is 6.70. The van der Waals surface area contributed by atoms with E-state index in [9.17, 15) is 22.8 Å². The minimum Gasteiger partial charge on any atom is -0.372 e. The van der Waals surface area contributed by atoms with E-state index >= 15 is 4.39 Å². The highest BCUT2D eigenvalue weighted by atomic mass is 19.4. The molecule has 13 heteroatoms. The van der Waals surface area contributed by atoms with Crippen LogP contribution in [-0.2, 0) is 21.4 Å². The number of rotatable bonds is 3. The number of piperidine rings is 1. The Morgan fingerprint density at radius 1 is 1.10 bits per heavy atom. The molecule has 4 aliphatic heterocycles. The first kappa shape index (κ1) is 26.9. The van der Waals surface area contributed by atoms with Gasteiger partial charge < -0.3 is 24.8 Å². The normalized spacial score (nSPS) is 24.2. The quantitative estimate of drug-likeness (QED) is 0.553. The standard InChI is InChI=1S/C27H32F4N6O3/c1-15-12-36(13-16(2)40-15)17-10-19(28)21-20(11-17)37(14-27(29,30)31)24(39)26(21)5-8-35(9-6-26)25-33-22-18(23(38)34-25)4-3-7-32-22/h10-11,15-16H,3-9,12-14H2,1-2H3,(H2,32,33,34,38)/t15-,16+. The van der Waals surface area contributed by atoms with E-state index in [4.69, 9.17) is 4.74 Å². The van der Waals surface area contributed by atoms with E-state index in [1.807, 2.05) is 18.7 Å². The number of halogens is 4. The highest BCUT2D eigenvalue weighted by molar-refractivity contribution is 6.09. The summed E-state index contributed by atoms with van der Waals surface area (Å²) in [6.07, 6.45) is -3.31. The van der Waals surface area contributed by atoms with Gasteiger partial charge in [-0.05, 0) is 51.7 Å². The van der Waals surface area contributed by atoms with Crippen molar-refractivity contribution in [1.29, 1.82) is 0 Å². The third-order valence-corrected chi connectivity index (χ3v) is 8.42. The van der Waals surface area contributed by atoms with Crippen LogP contribution in [0.15, 0.2) is 16.9 Å². The molecule has 1 aromatic carbocycles. The maximum atomic E-state index is 16.0. The number of carbonyl (C=O) groups excluding carboxylic acids is 1. The molecule has 0 radical (unpaired) electrons. The number of benzene rings is 1. The zero-order valence-corrected chi connectivity index (χ0v) is 22.4. The average Bonchev–Trinajstić information content (AvgIpc) is 3.10. The molecule has 1 amide bonds. The number of amides is 1. The molecule has 2 aromatic rings. The molecule has 2 saturated heterocycles. The molecule has 2 fully saturated rings. The van der Waals surface area contributed by atoms with E-state index in [0.29, 0.717) is 54.0 Å². The minimum absolute atomic E-state index is 0.0214. The maximum Gasteiger partial charge on any atom is 0.406 e. The van der Waals surface area contributed by atoms with Crippen LogP contribution in [0.2, 0.25) is 0 Å². The smallest absolute Gasteiger partial charge is 0.372 e.